The molecule has 0 aliphatic carbocycles. The Labute approximate surface area is 237 Å². The molecule has 5 atom stereocenters. The topological polar surface area (TPSA) is 253 Å². The van der Waals surface area contributed by atoms with Gasteiger partial charge in [0.15, 0.2) is 0 Å². The number of hydrogen-bond donors (Lipinski definition) is 8. The summed E-state index contributed by atoms with van der Waals surface area (Å²) in [5.41, 5.74) is 17.6. The molecule has 224 valence electrons. The number of carbonyl (C=O) groups is 6. The molecule has 0 fully saturated rings. The van der Waals surface area contributed by atoms with E-state index in [9.17, 15) is 33.9 Å². The minimum absolute atomic E-state index is 0.00720. The fraction of sp³-hybridized carbons (Fsp3) is 0.481. The van der Waals surface area contributed by atoms with Crippen molar-refractivity contribution in [2.24, 2.45) is 23.1 Å². The Morgan fingerprint density at radius 1 is 0.878 bits per heavy atom. The van der Waals surface area contributed by atoms with Gasteiger partial charge >= 0.3 is 5.97 Å². The number of amides is 5. The lowest BCUT2D eigenvalue weighted by Gasteiger charge is -2.28. The molecule has 5 unspecified atom stereocenters. The van der Waals surface area contributed by atoms with Crippen LogP contribution in [0.5, 0.6) is 0 Å². The number of aromatic nitrogens is 1. The van der Waals surface area contributed by atoms with Gasteiger partial charge in [0.2, 0.25) is 29.5 Å². The number of carbonyl (C=O) groups excluding carboxylic acids is 5. The maximum Gasteiger partial charge on any atom is 0.326 e. The van der Waals surface area contributed by atoms with Gasteiger partial charge in [-0.3, -0.25) is 24.0 Å². The average Bonchev–Trinajstić information content (AvgIpc) is 3.33. The number of H-pyrrole nitrogens is 1. The quantitative estimate of drug-likeness (QED) is 0.118. The van der Waals surface area contributed by atoms with Crippen LogP contribution >= 0.6 is 0 Å². The van der Waals surface area contributed by atoms with Crippen molar-refractivity contribution in [3.05, 3.63) is 36.0 Å². The molecule has 2 rings (SSSR count). The van der Waals surface area contributed by atoms with Crippen molar-refractivity contribution >= 4 is 46.4 Å². The Morgan fingerprint density at radius 2 is 1.49 bits per heavy atom. The number of primary amides is 2. The second kappa shape index (κ2) is 15.4. The molecule has 5 amide bonds. The van der Waals surface area contributed by atoms with Crippen LogP contribution in [0.15, 0.2) is 30.5 Å². The zero-order chi connectivity index (χ0) is 30.7. The summed E-state index contributed by atoms with van der Waals surface area (Å²) in [6.45, 7) is 3.50. The van der Waals surface area contributed by atoms with Crippen molar-refractivity contribution in [1.29, 1.82) is 0 Å². The Morgan fingerprint density at radius 3 is 2.10 bits per heavy atom. The van der Waals surface area contributed by atoms with E-state index in [0.29, 0.717) is 12.0 Å². The van der Waals surface area contributed by atoms with Crippen molar-refractivity contribution in [2.45, 2.75) is 76.5 Å². The summed E-state index contributed by atoms with van der Waals surface area (Å²) in [5, 5.41) is 18.2. The highest BCUT2D eigenvalue weighted by Gasteiger charge is 2.33. The molecule has 0 aliphatic rings. The molecule has 0 radical (unpaired) electrons. The first-order valence-corrected chi connectivity index (χ1v) is 13.3. The summed E-state index contributed by atoms with van der Waals surface area (Å²) in [5.74, 6) is -5.31. The number of nitrogens with one attached hydrogen (secondary N) is 4. The van der Waals surface area contributed by atoms with Gasteiger partial charge in [-0.15, -0.1) is 0 Å². The highest BCUT2D eigenvalue weighted by molar-refractivity contribution is 5.95. The molecule has 0 saturated carbocycles. The number of aromatic amines is 1. The predicted octanol–water partition coefficient (Wildman–Crippen LogP) is -0.846. The molecule has 1 heterocycles. The summed E-state index contributed by atoms with van der Waals surface area (Å²) in [4.78, 5) is 76.7. The summed E-state index contributed by atoms with van der Waals surface area (Å²) in [6.07, 6.45) is 1.49. The standard InChI is InChI=1S/C27H39N7O7/c1-3-14(2)23(26(39)33-20(27(40)41)12-15-13-31-18-7-5-4-6-16(15)18)34-25(38)19(9-11-22(30)36)32-24(37)17(28)8-10-21(29)35/h4-7,13-14,17,19-20,23,31H,3,8-12,28H2,1-2H3,(H2,29,35)(H2,30,36)(H,32,37)(H,33,39)(H,34,38)(H,40,41). The normalized spacial score (nSPS) is 14.7. The fourth-order valence-electron chi connectivity index (χ4n) is 4.20. The van der Waals surface area contributed by atoms with E-state index in [0.717, 1.165) is 10.9 Å². The summed E-state index contributed by atoms with van der Waals surface area (Å²) >= 11 is 0. The zero-order valence-electron chi connectivity index (χ0n) is 23.1. The maximum atomic E-state index is 13.3. The number of aliphatic carboxylic acids is 1. The second-order valence-corrected chi connectivity index (χ2v) is 10.0. The lowest BCUT2D eigenvalue weighted by atomic mass is 9.96. The number of benzene rings is 1. The number of para-hydroxylation sites is 1. The zero-order valence-corrected chi connectivity index (χ0v) is 23.1. The number of carboxylic acids is 1. The number of carboxylic acid groups (broad SMARTS) is 1. The van der Waals surface area contributed by atoms with Crippen LogP contribution in [0.1, 0.15) is 51.5 Å². The van der Waals surface area contributed by atoms with Crippen LogP contribution in [0, 0.1) is 5.92 Å². The number of nitrogens with two attached hydrogens (primary N) is 3. The van der Waals surface area contributed by atoms with Gasteiger partial charge in [-0.1, -0.05) is 38.5 Å². The Bertz CT molecular complexity index is 1260. The van der Waals surface area contributed by atoms with Crippen LogP contribution in [0.2, 0.25) is 0 Å². The second-order valence-electron chi connectivity index (χ2n) is 10.0. The molecular formula is C27H39N7O7. The Kier molecular flexibility index (Phi) is 12.3. The van der Waals surface area contributed by atoms with E-state index in [1.165, 1.54) is 0 Å². The van der Waals surface area contributed by atoms with E-state index in [1.54, 1.807) is 20.0 Å². The smallest absolute Gasteiger partial charge is 0.326 e. The Hall–Kier alpha value is -4.46. The molecule has 0 bridgehead atoms. The number of fused-ring (bicyclic) bond motifs is 1. The van der Waals surface area contributed by atoms with E-state index in [-0.39, 0.29) is 32.1 Å². The number of hydrogen-bond acceptors (Lipinski definition) is 7. The van der Waals surface area contributed by atoms with Crippen molar-refractivity contribution in [1.82, 2.24) is 20.9 Å². The van der Waals surface area contributed by atoms with Gasteiger partial charge in [0.05, 0.1) is 6.04 Å². The third kappa shape index (κ3) is 9.90. The Balaban J connectivity index is 2.19. The van der Waals surface area contributed by atoms with E-state index < -0.39 is 65.6 Å². The lowest BCUT2D eigenvalue weighted by Crippen LogP contribution is -2.59. The molecule has 14 heteroatoms. The van der Waals surface area contributed by atoms with E-state index in [2.05, 4.69) is 20.9 Å². The fourth-order valence-corrected chi connectivity index (χ4v) is 4.20. The van der Waals surface area contributed by atoms with Crippen LogP contribution in [-0.4, -0.2) is 69.8 Å². The van der Waals surface area contributed by atoms with Gasteiger partial charge in [-0.25, -0.2) is 4.79 Å². The van der Waals surface area contributed by atoms with Gasteiger partial charge in [-0.05, 0) is 30.4 Å². The molecule has 2 aromatic rings. The first-order chi connectivity index (χ1) is 19.3. The average molecular weight is 574 g/mol. The maximum absolute atomic E-state index is 13.3. The SMILES string of the molecule is CCC(C)C(NC(=O)C(CCC(N)=O)NC(=O)C(N)CCC(N)=O)C(=O)NC(Cc1c[nH]c2ccccc12)C(=O)O. The molecule has 0 aliphatic heterocycles. The molecule has 14 nitrogen and oxygen atoms in total. The van der Waals surface area contributed by atoms with Crippen molar-refractivity contribution in [3.63, 3.8) is 0 Å². The van der Waals surface area contributed by atoms with Gasteiger partial charge in [0, 0.05) is 36.4 Å². The molecule has 1 aromatic heterocycles. The summed E-state index contributed by atoms with van der Waals surface area (Å²) in [6, 6.07) is 2.46. The highest BCUT2D eigenvalue weighted by atomic mass is 16.4. The molecule has 11 N–H and O–H groups in total. The minimum Gasteiger partial charge on any atom is -0.480 e. The third-order valence-corrected chi connectivity index (χ3v) is 6.86. The van der Waals surface area contributed by atoms with Crippen molar-refractivity contribution < 1.29 is 33.9 Å². The van der Waals surface area contributed by atoms with Crippen molar-refractivity contribution in [3.8, 4) is 0 Å². The van der Waals surface area contributed by atoms with Gasteiger partial charge < -0.3 is 43.2 Å². The van der Waals surface area contributed by atoms with Crippen LogP contribution < -0.4 is 33.2 Å². The van der Waals surface area contributed by atoms with Crippen molar-refractivity contribution in [2.75, 3.05) is 0 Å². The van der Waals surface area contributed by atoms with Gasteiger partial charge in [-0.2, -0.15) is 0 Å². The monoisotopic (exact) mass is 573 g/mol. The molecular weight excluding hydrogens is 534 g/mol. The molecule has 41 heavy (non-hydrogen) atoms. The summed E-state index contributed by atoms with van der Waals surface area (Å²) in [7, 11) is 0. The molecule has 1 aromatic carbocycles. The van der Waals surface area contributed by atoms with E-state index in [1.807, 2.05) is 24.3 Å². The van der Waals surface area contributed by atoms with E-state index >= 15 is 0 Å². The van der Waals surface area contributed by atoms with Crippen LogP contribution in [0.3, 0.4) is 0 Å². The number of rotatable bonds is 17. The molecule has 0 saturated heterocycles. The first-order valence-electron chi connectivity index (χ1n) is 13.3. The van der Waals surface area contributed by atoms with Crippen LogP contribution in [0.25, 0.3) is 10.9 Å². The molecule has 0 spiro atoms. The van der Waals surface area contributed by atoms with Gasteiger partial charge in [0.1, 0.15) is 18.1 Å². The predicted molar refractivity (Wildman–Crippen MR) is 150 cm³/mol. The van der Waals surface area contributed by atoms with E-state index in [4.69, 9.17) is 17.2 Å². The van der Waals surface area contributed by atoms with Crippen LogP contribution in [0.4, 0.5) is 0 Å². The lowest BCUT2D eigenvalue weighted by molar-refractivity contribution is -0.142. The highest BCUT2D eigenvalue weighted by Crippen LogP contribution is 2.19. The summed E-state index contributed by atoms with van der Waals surface area (Å²) < 4.78 is 0. The van der Waals surface area contributed by atoms with Gasteiger partial charge in [0.25, 0.3) is 0 Å². The van der Waals surface area contributed by atoms with Crippen LogP contribution in [-0.2, 0) is 35.2 Å². The first kappa shape index (κ1) is 32.8. The third-order valence-electron chi connectivity index (χ3n) is 6.86. The minimum atomic E-state index is -1.29. The largest absolute Gasteiger partial charge is 0.480 e.